The van der Waals surface area contributed by atoms with Crippen LogP contribution in [0.25, 0.3) is 89.2 Å². The lowest BCUT2D eigenvalue weighted by atomic mass is 10.1. The molecule has 0 aliphatic heterocycles. The van der Waals surface area contributed by atoms with Gasteiger partial charge in [0.25, 0.3) is 0 Å². The summed E-state index contributed by atoms with van der Waals surface area (Å²) in [5.41, 5.74) is 12.2. The van der Waals surface area contributed by atoms with Crippen LogP contribution in [0.15, 0.2) is 241 Å². The van der Waals surface area contributed by atoms with Gasteiger partial charge < -0.3 is 14.5 Å². The number of fused-ring (bicyclic) bond motifs is 6. The van der Waals surface area contributed by atoms with Crippen LogP contribution in [-0.2, 0) is 6.54 Å². The monoisotopic (exact) mass is 888 g/mol. The molecule has 12 aromatic rings. The number of benzene rings is 9. The van der Waals surface area contributed by atoms with E-state index in [4.69, 9.17) is 24.9 Å². The molecule has 0 saturated heterocycles. The molecule has 0 bridgehead atoms. The molecule has 0 aliphatic carbocycles. The molecular weight excluding hydrogens is 845 g/mol. The summed E-state index contributed by atoms with van der Waals surface area (Å²) in [5, 5.41) is 8.03. The van der Waals surface area contributed by atoms with Gasteiger partial charge in [-0.2, -0.15) is 0 Å². The Bertz CT molecular complexity index is 3840. The van der Waals surface area contributed by atoms with Crippen LogP contribution in [0, 0.1) is 0 Å². The van der Waals surface area contributed by atoms with E-state index in [1.54, 1.807) is 0 Å². The van der Waals surface area contributed by atoms with Crippen molar-refractivity contribution in [2.75, 3.05) is 7.05 Å². The molecule has 8 nitrogen and oxygen atoms in total. The smallest absolute Gasteiger partial charge is 0.164 e. The van der Waals surface area contributed by atoms with Gasteiger partial charge in [-0.05, 0) is 54.1 Å². The summed E-state index contributed by atoms with van der Waals surface area (Å²) in [4.78, 5) is 25.5. The van der Waals surface area contributed by atoms with E-state index in [1.807, 2.05) is 104 Å². The maximum atomic E-state index is 5.21. The molecule has 8 heteroatoms. The highest BCUT2D eigenvalue weighted by Gasteiger charge is 2.20. The summed E-state index contributed by atoms with van der Waals surface area (Å²) >= 11 is 0. The van der Waals surface area contributed by atoms with Crippen molar-refractivity contribution in [1.29, 1.82) is 0 Å². The molecule has 0 aliphatic rings. The molecule has 0 spiro atoms. The first-order valence-electron chi connectivity index (χ1n) is 23.1. The van der Waals surface area contributed by atoms with Crippen molar-refractivity contribution in [3.63, 3.8) is 0 Å². The zero-order valence-corrected chi connectivity index (χ0v) is 37.8. The van der Waals surface area contributed by atoms with Gasteiger partial charge >= 0.3 is 0 Å². The summed E-state index contributed by atoms with van der Waals surface area (Å²) in [6, 6.07) is 79.9. The molecule has 12 rings (SSSR count). The summed E-state index contributed by atoms with van der Waals surface area (Å²) in [6.45, 7) is 0.491. The lowest BCUT2D eigenvalue weighted by molar-refractivity contribution is 1.06. The predicted molar refractivity (Wildman–Crippen MR) is 284 cm³/mol. The number of hydrogen-bond donors (Lipinski definition) is 1. The maximum absolute atomic E-state index is 5.21. The minimum atomic E-state index is 0.491. The van der Waals surface area contributed by atoms with Gasteiger partial charge in [0.1, 0.15) is 5.84 Å². The quantitative estimate of drug-likeness (QED) is 0.116. The van der Waals surface area contributed by atoms with Gasteiger partial charge in [0.15, 0.2) is 23.3 Å². The number of aromatic nitrogens is 5. The van der Waals surface area contributed by atoms with E-state index in [1.165, 1.54) is 21.5 Å². The third-order valence-electron chi connectivity index (χ3n) is 12.6. The number of rotatable bonds is 9. The fourth-order valence-corrected chi connectivity index (χ4v) is 9.40. The fourth-order valence-electron chi connectivity index (χ4n) is 9.40. The number of nitrogens with one attached hydrogen (secondary N) is 1. The molecule has 0 unspecified atom stereocenters. The lowest BCUT2D eigenvalue weighted by Gasteiger charge is -2.13. The maximum Gasteiger partial charge on any atom is 0.164 e. The van der Waals surface area contributed by atoms with E-state index in [0.29, 0.717) is 29.9 Å². The average molecular weight is 889 g/mol. The third kappa shape index (κ3) is 7.79. The van der Waals surface area contributed by atoms with Gasteiger partial charge in [-0.15, -0.1) is 0 Å². The number of amidine groups is 2. The topological polar surface area (TPSA) is 85.3 Å². The van der Waals surface area contributed by atoms with Crippen molar-refractivity contribution in [1.82, 2.24) is 29.4 Å². The first-order chi connectivity index (χ1) is 34.2. The fraction of sp³-hybridized carbons (Fsp3) is 0.0328. The van der Waals surface area contributed by atoms with E-state index in [2.05, 4.69) is 148 Å². The normalized spacial score (nSPS) is 12.1. The largest absolute Gasteiger partial charge is 0.373 e. The van der Waals surface area contributed by atoms with E-state index in [0.717, 1.165) is 72.7 Å². The van der Waals surface area contributed by atoms with Gasteiger partial charge in [-0.25, -0.2) is 19.9 Å². The first kappa shape index (κ1) is 41.2. The van der Waals surface area contributed by atoms with Crippen molar-refractivity contribution in [3.05, 3.63) is 247 Å². The minimum absolute atomic E-state index is 0.491. The molecule has 0 radical (unpaired) electrons. The standard InChI is InChI=1S/C61H44N8/c1-62-57(42-22-8-3-9-23-42)64-58(63-40-41-20-6-2-7-21-41)45-28-18-30-47(36-45)68-53-34-16-14-32-49(53)51-38-52-50-33-15-17-35-54(50)69(56(52)39-55(51)68)48-31-19-29-46(37-48)61-66-59(43-24-10-4-11-25-43)65-60(67-61)44-26-12-5-13-27-44/h2-39H,40H2,1H3,(H,62,63,64). The Labute approximate surface area is 399 Å². The number of aliphatic imine (C=N–C) groups is 2. The zero-order chi connectivity index (χ0) is 46.1. The van der Waals surface area contributed by atoms with Crippen LogP contribution < -0.4 is 5.32 Å². The predicted octanol–water partition coefficient (Wildman–Crippen LogP) is 13.7. The van der Waals surface area contributed by atoms with Crippen LogP contribution in [0.3, 0.4) is 0 Å². The molecule has 0 saturated carbocycles. The second kappa shape index (κ2) is 17.8. The Morgan fingerprint density at radius 2 is 0.870 bits per heavy atom. The molecule has 9 aromatic carbocycles. The van der Waals surface area contributed by atoms with E-state index in [-0.39, 0.29) is 0 Å². The highest BCUT2D eigenvalue weighted by molar-refractivity contribution is 6.19. The van der Waals surface area contributed by atoms with Crippen LogP contribution in [0.4, 0.5) is 0 Å². The van der Waals surface area contributed by atoms with Crippen LogP contribution in [-0.4, -0.2) is 42.8 Å². The summed E-state index contributed by atoms with van der Waals surface area (Å²) < 4.78 is 4.75. The third-order valence-corrected chi connectivity index (χ3v) is 12.6. The van der Waals surface area contributed by atoms with Gasteiger partial charge in [0.2, 0.25) is 0 Å². The number of nitrogens with zero attached hydrogens (tertiary/aromatic N) is 7. The molecule has 0 fully saturated rings. The Morgan fingerprint density at radius 1 is 0.406 bits per heavy atom. The van der Waals surface area contributed by atoms with Crippen molar-refractivity contribution in [2.45, 2.75) is 6.54 Å². The van der Waals surface area contributed by atoms with Gasteiger partial charge in [0.05, 0.1) is 28.6 Å². The SMILES string of the molecule is CNC(=NC(=NCc1ccccc1)c1cccc(-n2c3ccccc3c3cc4c5ccccc5n(-c5cccc(-c6nc(-c7ccccc7)nc(-c7ccccc7)n6)c5)c4cc32)c1)c1ccccc1. The summed E-state index contributed by atoms with van der Waals surface area (Å²) in [6.07, 6.45) is 0. The van der Waals surface area contributed by atoms with Crippen molar-refractivity contribution in [2.24, 2.45) is 9.98 Å². The summed E-state index contributed by atoms with van der Waals surface area (Å²) in [5.74, 6) is 3.24. The molecule has 0 amide bonds. The van der Waals surface area contributed by atoms with E-state index >= 15 is 0 Å². The zero-order valence-electron chi connectivity index (χ0n) is 37.8. The summed E-state index contributed by atoms with van der Waals surface area (Å²) in [7, 11) is 1.90. The molecular formula is C61H44N8. The van der Waals surface area contributed by atoms with E-state index < -0.39 is 0 Å². The number of para-hydroxylation sites is 2. The van der Waals surface area contributed by atoms with E-state index in [9.17, 15) is 0 Å². The van der Waals surface area contributed by atoms with Crippen LogP contribution >= 0.6 is 0 Å². The highest BCUT2D eigenvalue weighted by Crippen LogP contribution is 2.40. The minimum Gasteiger partial charge on any atom is -0.373 e. The van der Waals surface area contributed by atoms with Crippen LogP contribution in [0.2, 0.25) is 0 Å². The Balaban J connectivity index is 1.04. The van der Waals surface area contributed by atoms with Gasteiger partial charge in [-0.3, -0.25) is 4.99 Å². The van der Waals surface area contributed by atoms with Crippen LogP contribution in [0.1, 0.15) is 16.7 Å². The number of hydrogen-bond acceptors (Lipinski definition) is 4. The lowest BCUT2D eigenvalue weighted by Crippen LogP contribution is -2.21. The Kier molecular flexibility index (Phi) is 10.7. The first-order valence-corrected chi connectivity index (χ1v) is 23.1. The van der Waals surface area contributed by atoms with Gasteiger partial charge in [0, 0.05) is 67.8 Å². The second-order valence-corrected chi connectivity index (χ2v) is 16.9. The molecule has 0 atom stereocenters. The van der Waals surface area contributed by atoms with Gasteiger partial charge in [-0.1, -0.05) is 182 Å². The Morgan fingerprint density at radius 3 is 1.45 bits per heavy atom. The Hall–Kier alpha value is -9.27. The molecule has 1 N–H and O–H groups in total. The second-order valence-electron chi connectivity index (χ2n) is 16.9. The molecule has 3 heterocycles. The van der Waals surface area contributed by atoms with Crippen molar-refractivity contribution in [3.8, 4) is 45.5 Å². The van der Waals surface area contributed by atoms with Crippen molar-refractivity contribution >= 4 is 55.3 Å². The van der Waals surface area contributed by atoms with Crippen LogP contribution in [0.5, 0.6) is 0 Å². The molecule has 328 valence electrons. The average Bonchev–Trinajstić information content (AvgIpc) is 3.93. The molecule has 69 heavy (non-hydrogen) atoms. The highest BCUT2D eigenvalue weighted by atomic mass is 15.0. The molecule has 3 aromatic heterocycles. The van der Waals surface area contributed by atoms with Crippen molar-refractivity contribution < 1.29 is 0 Å².